The first kappa shape index (κ1) is 76.1. The van der Waals surface area contributed by atoms with Crippen molar-refractivity contribution < 1.29 is 28.6 Å². The third kappa shape index (κ3) is 64.9. The highest BCUT2D eigenvalue weighted by Crippen LogP contribution is 2.16. The van der Waals surface area contributed by atoms with Crippen LogP contribution in [0.2, 0.25) is 0 Å². The van der Waals surface area contributed by atoms with E-state index in [1.807, 2.05) is 0 Å². The van der Waals surface area contributed by atoms with E-state index in [1.54, 1.807) is 0 Å². The largest absolute Gasteiger partial charge is 0.462 e. The molecule has 0 spiro atoms. The van der Waals surface area contributed by atoms with Gasteiger partial charge in [0.1, 0.15) is 13.2 Å². The first-order chi connectivity index (χ1) is 39.5. The molecule has 6 nitrogen and oxygen atoms in total. The van der Waals surface area contributed by atoms with Crippen LogP contribution >= 0.6 is 0 Å². The molecule has 6 heteroatoms. The van der Waals surface area contributed by atoms with Gasteiger partial charge in [0.15, 0.2) is 6.10 Å². The van der Waals surface area contributed by atoms with Crippen molar-refractivity contribution in [1.29, 1.82) is 0 Å². The van der Waals surface area contributed by atoms with Crippen LogP contribution in [0.5, 0.6) is 0 Å². The van der Waals surface area contributed by atoms with Crippen molar-refractivity contribution >= 4 is 17.9 Å². The summed E-state index contributed by atoms with van der Waals surface area (Å²) in [5.74, 6) is -0.887. The van der Waals surface area contributed by atoms with Crippen molar-refractivity contribution in [1.82, 2.24) is 0 Å². The van der Waals surface area contributed by atoms with Gasteiger partial charge in [-0.1, -0.05) is 304 Å². The molecule has 0 bridgehead atoms. The molecule has 0 aromatic rings. The molecule has 0 amide bonds. The van der Waals surface area contributed by atoms with E-state index in [2.05, 4.69) is 130 Å². The minimum Gasteiger partial charge on any atom is -0.462 e. The molecule has 80 heavy (non-hydrogen) atoms. The lowest BCUT2D eigenvalue weighted by Gasteiger charge is -2.18. The minimum absolute atomic E-state index is 0.0800. The lowest BCUT2D eigenvalue weighted by Crippen LogP contribution is -2.30. The SMILES string of the molecule is CC/C=C\C/C=C\C/C=C\C/C=C\C/C=C\C/C=C\C/C=C\CCCCCCCCCC(=O)OCC(COC(=O)CCCCCCCCCC)OC(=O)CCCCCCCCCCCCCCC/C=C\C/C=C\CCCCCCC. The summed E-state index contributed by atoms with van der Waals surface area (Å²) in [5.41, 5.74) is 0. The summed E-state index contributed by atoms with van der Waals surface area (Å²) in [6.07, 6.45) is 92.6. The predicted octanol–water partition coefficient (Wildman–Crippen LogP) is 23.4. The normalized spacial score (nSPS) is 12.8. The van der Waals surface area contributed by atoms with Crippen LogP contribution in [-0.4, -0.2) is 37.2 Å². The molecule has 0 saturated heterocycles. The fourth-order valence-electron chi connectivity index (χ4n) is 9.45. The maximum atomic E-state index is 12.9. The Balaban J connectivity index is 4.19. The van der Waals surface area contributed by atoms with Crippen molar-refractivity contribution in [2.24, 2.45) is 0 Å². The Morgan fingerprint density at radius 1 is 0.263 bits per heavy atom. The van der Waals surface area contributed by atoms with Crippen molar-refractivity contribution in [3.8, 4) is 0 Å². The number of ether oxygens (including phenoxy) is 3. The monoisotopic (exact) mass is 1110 g/mol. The van der Waals surface area contributed by atoms with E-state index in [0.29, 0.717) is 19.3 Å². The number of hydrogen-bond acceptors (Lipinski definition) is 6. The third-order valence-corrected chi connectivity index (χ3v) is 14.5. The Bertz CT molecular complexity index is 1610. The Hall–Kier alpha value is -3.93. The van der Waals surface area contributed by atoms with Crippen LogP contribution < -0.4 is 0 Å². The maximum Gasteiger partial charge on any atom is 0.306 e. The molecule has 0 fully saturated rings. The molecule has 0 aromatic heterocycles. The van der Waals surface area contributed by atoms with E-state index in [-0.39, 0.29) is 31.1 Å². The molecule has 0 aliphatic heterocycles. The fourth-order valence-corrected chi connectivity index (χ4v) is 9.45. The number of rotatable bonds is 61. The average molecular weight is 1110 g/mol. The molecule has 458 valence electrons. The lowest BCUT2D eigenvalue weighted by atomic mass is 10.0. The van der Waals surface area contributed by atoms with Crippen molar-refractivity contribution in [2.75, 3.05) is 13.2 Å². The van der Waals surface area contributed by atoms with Crippen LogP contribution in [0.3, 0.4) is 0 Å². The number of esters is 3. The Kier molecular flexibility index (Phi) is 64.3. The predicted molar refractivity (Wildman–Crippen MR) is 348 cm³/mol. The average Bonchev–Trinajstić information content (AvgIpc) is 3.46. The first-order valence-electron chi connectivity index (χ1n) is 33.9. The van der Waals surface area contributed by atoms with Crippen molar-refractivity contribution in [2.45, 2.75) is 329 Å². The van der Waals surface area contributed by atoms with E-state index in [9.17, 15) is 14.4 Å². The number of carbonyl (C=O) groups is 3. The van der Waals surface area contributed by atoms with Crippen LogP contribution in [-0.2, 0) is 28.6 Å². The van der Waals surface area contributed by atoms with Gasteiger partial charge in [-0.15, -0.1) is 0 Å². The zero-order chi connectivity index (χ0) is 57.8. The van der Waals surface area contributed by atoms with Gasteiger partial charge in [-0.05, 0) is 109 Å². The second-order valence-corrected chi connectivity index (χ2v) is 22.4. The quantitative estimate of drug-likeness (QED) is 0.0261. The Morgan fingerprint density at radius 2 is 0.487 bits per heavy atom. The first-order valence-corrected chi connectivity index (χ1v) is 33.9. The molecule has 0 aliphatic carbocycles. The number of allylic oxidation sites excluding steroid dienone is 18. The molecule has 0 radical (unpaired) electrons. The van der Waals surface area contributed by atoms with Crippen LogP contribution in [0.25, 0.3) is 0 Å². The molecular weight excluding hydrogens is 985 g/mol. The fraction of sp³-hybridized carbons (Fsp3) is 0.716. The highest BCUT2D eigenvalue weighted by Gasteiger charge is 2.19. The molecule has 0 saturated carbocycles. The second-order valence-electron chi connectivity index (χ2n) is 22.4. The number of unbranched alkanes of at least 4 members (excludes halogenated alkanes) is 32. The summed E-state index contributed by atoms with van der Waals surface area (Å²) in [5, 5.41) is 0. The third-order valence-electron chi connectivity index (χ3n) is 14.5. The van der Waals surface area contributed by atoms with E-state index in [0.717, 1.165) is 116 Å². The van der Waals surface area contributed by atoms with Gasteiger partial charge in [0.25, 0.3) is 0 Å². The van der Waals surface area contributed by atoms with E-state index in [4.69, 9.17) is 14.2 Å². The molecular formula is C74H126O6. The van der Waals surface area contributed by atoms with Gasteiger partial charge in [-0.2, -0.15) is 0 Å². The smallest absolute Gasteiger partial charge is 0.306 e. The molecule has 1 atom stereocenters. The molecule has 0 aromatic carbocycles. The summed E-state index contributed by atoms with van der Waals surface area (Å²) in [7, 11) is 0. The summed E-state index contributed by atoms with van der Waals surface area (Å²) in [4.78, 5) is 38.2. The summed E-state index contributed by atoms with van der Waals surface area (Å²) >= 11 is 0. The van der Waals surface area contributed by atoms with E-state index >= 15 is 0 Å². The Morgan fingerprint density at radius 3 is 0.762 bits per heavy atom. The van der Waals surface area contributed by atoms with Crippen molar-refractivity contribution in [3.63, 3.8) is 0 Å². The minimum atomic E-state index is -0.783. The van der Waals surface area contributed by atoms with E-state index in [1.165, 1.54) is 167 Å². The van der Waals surface area contributed by atoms with Crippen molar-refractivity contribution in [3.05, 3.63) is 109 Å². The van der Waals surface area contributed by atoms with Crippen LogP contribution in [0.15, 0.2) is 109 Å². The van der Waals surface area contributed by atoms with Gasteiger partial charge in [-0.3, -0.25) is 14.4 Å². The molecule has 0 heterocycles. The van der Waals surface area contributed by atoms with Gasteiger partial charge >= 0.3 is 17.9 Å². The number of hydrogen-bond donors (Lipinski definition) is 0. The highest BCUT2D eigenvalue weighted by atomic mass is 16.6. The standard InChI is InChI=1S/C74H126O6/c1-4-7-10-13-16-19-21-23-25-27-29-31-33-35-36-37-38-40-41-43-45-47-49-51-53-55-58-61-64-67-73(76)79-70-71(69-78-72(75)66-63-60-57-18-15-12-9-6-3)80-74(77)68-65-62-59-56-54-52-50-48-46-44-42-39-34-32-30-28-26-24-22-20-17-14-11-8-5-2/h7,10,16,19,22-25,28-31,35-36,38,40,43,45,71H,4-6,8-9,11-15,17-18,20-21,26-27,32-34,37,39,41-42,44,46-70H2,1-3H3/b10-7-,19-16-,24-22-,25-23-,30-28-,31-29-,36-35-,40-38-,45-43-. The van der Waals surface area contributed by atoms with Gasteiger partial charge < -0.3 is 14.2 Å². The zero-order valence-corrected chi connectivity index (χ0v) is 52.6. The molecule has 0 rings (SSSR count). The molecule has 0 aliphatic rings. The second kappa shape index (κ2) is 67.6. The Labute approximate surface area is 495 Å². The lowest BCUT2D eigenvalue weighted by molar-refractivity contribution is -0.167. The topological polar surface area (TPSA) is 78.9 Å². The van der Waals surface area contributed by atoms with Gasteiger partial charge in [0, 0.05) is 19.3 Å². The van der Waals surface area contributed by atoms with Gasteiger partial charge in [0.05, 0.1) is 0 Å². The zero-order valence-electron chi connectivity index (χ0n) is 52.6. The molecule has 0 N–H and O–H groups in total. The summed E-state index contributed by atoms with van der Waals surface area (Å²) in [6.45, 7) is 6.50. The van der Waals surface area contributed by atoms with Crippen LogP contribution in [0.1, 0.15) is 323 Å². The van der Waals surface area contributed by atoms with Gasteiger partial charge in [0.2, 0.25) is 0 Å². The summed E-state index contributed by atoms with van der Waals surface area (Å²) in [6, 6.07) is 0. The summed E-state index contributed by atoms with van der Waals surface area (Å²) < 4.78 is 16.9. The highest BCUT2D eigenvalue weighted by molar-refractivity contribution is 5.71. The maximum absolute atomic E-state index is 12.9. The van der Waals surface area contributed by atoms with Gasteiger partial charge in [-0.25, -0.2) is 0 Å². The number of carbonyl (C=O) groups excluding carboxylic acids is 3. The molecule has 1 unspecified atom stereocenters. The van der Waals surface area contributed by atoms with E-state index < -0.39 is 6.10 Å². The van der Waals surface area contributed by atoms with Crippen LogP contribution in [0.4, 0.5) is 0 Å². The van der Waals surface area contributed by atoms with Crippen LogP contribution in [0, 0.1) is 0 Å².